The molecular weight excluding hydrogens is 304 g/mol. The molecule has 1 heterocycles. The average Bonchev–Trinajstić information content (AvgIpc) is 2.48. The lowest BCUT2D eigenvalue weighted by Gasteiger charge is -2.01. The highest BCUT2D eigenvalue weighted by Gasteiger charge is 2.16. The van der Waals surface area contributed by atoms with Crippen LogP contribution in [0.4, 0.5) is 0 Å². The summed E-state index contributed by atoms with van der Waals surface area (Å²) >= 11 is 4.57. The van der Waals surface area contributed by atoms with Crippen LogP contribution >= 0.6 is 27.3 Å². The standard InChI is InChI=1S/C8H9BrO4S2/c9-6-1-3-14-7(6)5-15(12,13)4-2-8(10)11/h1,3H,2,4-5H2,(H,10,11). The SMILES string of the molecule is O=C(O)CCS(=O)(=O)Cc1sccc1Br. The van der Waals surface area contributed by atoms with Crippen LogP contribution < -0.4 is 0 Å². The summed E-state index contributed by atoms with van der Waals surface area (Å²) in [5, 5.41) is 10.2. The molecule has 0 amide bonds. The van der Waals surface area contributed by atoms with E-state index in [0.29, 0.717) is 4.88 Å². The summed E-state index contributed by atoms with van der Waals surface area (Å²) in [5.41, 5.74) is 0. The summed E-state index contributed by atoms with van der Waals surface area (Å²) in [7, 11) is -3.32. The van der Waals surface area contributed by atoms with E-state index < -0.39 is 15.8 Å². The predicted molar refractivity (Wildman–Crippen MR) is 61.8 cm³/mol. The van der Waals surface area contributed by atoms with Gasteiger partial charge < -0.3 is 5.11 Å². The van der Waals surface area contributed by atoms with Gasteiger partial charge in [-0.25, -0.2) is 8.42 Å². The molecule has 7 heteroatoms. The molecule has 0 bridgehead atoms. The molecular formula is C8H9BrO4S2. The van der Waals surface area contributed by atoms with E-state index in [1.807, 2.05) is 0 Å². The second kappa shape index (κ2) is 5.09. The van der Waals surface area contributed by atoms with Crippen LogP contribution in [0, 0.1) is 0 Å². The minimum absolute atomic E-state index is 0.0987. The Labute approximate surface area is 100.0 Å². The van der Waals surface area contributed by atoms with Crippen LogP contribution in [-0.4, -0.2) is 25.2 Å². The molecule has 0 radical (unpaired) electrons. The molecule has 0 aliphatic heterocycles. The van der Waals surface area contributed by atoms with Gasteiger partial charge >= 0.3 is 5.97 Å². The second-order valence-corrected chi connectivity index (χ2v) is 6.97. The monoisotopic (exact) mass is 312 g/mol. The fraction of sp³-hybridized carbons (Fsp3) is 0.375. The van der Waals surface area contributed by atoms with Gasteiger partial charge in [0.05, 0.1) is 17.9 Å². The van der Waals surface area contributed by atoms with Crippen molar-refractivity contribution in [3.8, 4) is 0 Å². The van der Waals surface area contributed by atoms with Gasteiger partial charge in [-0.15, -0.1) is 11.3 Å². The molecule has 0 atom stereocenters. The van der Waals surface area contributed by atoms with Crippen molar-refractivity contribution in [1.29, 1.82) is 0 Å². The van der Waals surface area contributed by atoms with Crippen LogP contribution in [0.2, 0.25) is 0 Å². The third-order valence-electron chi connectivity index (χ3n) is 1.67. The van der Waals surface area contributed by atoms with Crippen LogP contribution in [0.3, 0.4) is 0 Å². The summed E-state index contributed by atoms with van der Waals surface area (Å²) in [6.07, 6.45) is -0.342. The van der Waals surface area contributed by atoms with Crippen LogP contribution in [0.1, 0.15) is 11.3 Å². The lowest BCUT2D eigenvalue weighted by atomic mass is 10.5. The van der Waals surface area contributed by atoms with E-state index in [1.54, 1.807) is 11.4 Å². The first-order chi connectivity index (χ1) is 6.91. The van der Waals surface area contributed by atoms with Crippen LogP contribution in [0.15, 0.2) is 15.9 Å². The Morgan fingerprint density at radius 3 is 2.67 bits per heavy atom. The van der Waals surface area contributed by atoms with E-state index in [2.05, 4.69) is 15.9 Å². The molecule has 1 aromatic rings. The van der Waals surface area contributed by atoms with E-state index in [4.69, 9.17) is 5.11 Å². The maximum absolute atomic E-state index is 11.5. The molecule has 15 heavy (non-hydrogen) atoms. The Morgan fingerprint density at radius 2 is 2.20 bits per heavy atom. The Bertz CT molecular complexity index is 449. The smallest absolute Gasteiger partial charge is 0.304 e. The Hall–Kier alpha value is -0.400. The fourth-order valence-corrected chi connectivity index (χ4v) is 4.40. The predicted octanol–water partition coefficient (Wildman–Crippen LogP) is 1.90. The normalized spacial score (nSPS) is 11.5. The maximum atomic E-state index is 11.5. The van der Waals surface area contributed by atoms with Crippen molar-refractivity contribution in [2.75, 3.05) is 5.75 Å². The molecule has 1 N–H and O–H groups in total. The number of sulfone groups is 1. The number of carboxylic acids is 1. The molecule has 0 aliphatic rings. The van der Waals surface area contributed by atoms with Gasteiger partial charge in [0.2, 0.25) is 0 Å². The summed E-state index contributed by atoms with van der Waals surface area (Å²) in [6, 6.07) is 1.77. The van der Waals surface area contributed by atoms with Gasteiger partial charge in [0, 0.05) is 9.35 Å². The van der Waals surface area contributed by atoms with Crippen molar-refractivity contribution >= 4 is 43.1 Å². The molecule has 4 nitrogen and oxygen atoms in total. The first-order valence-electron chi connectivity index (χ1n) is 4.05. The number of thiophene rings is 1. The Balaban J connectivity index is 2.65. The van der Waals surface area contributed by atoms with E-state index in [-0.39, 0.29) is 17.9 Å². The minimum atomic E-state index is -3.32. The molecule has 0 aromatic carbocycles. The molecule has 0 fully saturated rings. The van der Waals surface area contributed by atoms with E-state index >= 15 is 0 Å². The van der Waals surface area contributed by atoms with Gasteiger partial charge in [-0.1, -0.05) is 0 Å². The number of carbonyl (C=O) groups is 1. The Morgan fingerprint density at radius 1 is 1.53 bits per heavy atom. The number of aliphatic carboxylic acids is 1. The zero-order chi connectivity index (χ0) is 11.5. The average molecular weight is 313 g/mol. The first-order valence-corrected chi connectivity index (χ1v) is 7.54. The largest absolute Gasteiger partial charge is 0.481 e. The molecule has 0 unspecified atom stereocenters. The van der Waals surface area contributed by atoms with Crippen LogP contribution in [0.5, 0.6) is 0 Å². The lowest BCUT2D eigenvalue weighted by molar-refractivity contribution is -0.136. The molecule has 0 aliphatic carbocycles. The summed E-state index contributed by atoms with van der Waals surface area (Å²) in [6.45, 7) is 0. The molecule has 1 aromatic heterocycles. The fourth-order valence-electron chi connectivity index (χ4n) is 0.943. The van der Waals surface area contributed by atoms with Crippen molar-refractivity contribution < 1.29 is 18.3 Å². The van der Waals surface area contributed by atoms with Gasteiger partial charge in [-0.2, -0.15) is 0 Å². The van der Waals surface area contributed by atoms with E-state index in [0.717, 1.165) is 4.47 Å². The number of hydrogen-bond acceptors (Lipinski definition) is 4. The third kappa shape index (κ3) is 4.31. The number of halogens is 1. The zero-order valence-electron chi connectivity index (χ0n) is 7.64. The summed E-state index contributed by atoms with van der Waals surface area (Å²) < 4.78 is 23.7. The number of rotatable bonds is 5. The van der Waals surface area contributed by atoms with Gasteiger partial charge in [0.15, 0.2) is 9.84 Å². The molecule has 0 saturated carbocycles. The van der Waals surface area contributed by atoms with Crippen molar-refractivity contribution in [2.24, 2.45) is 0 Å². The topological polar surface area (TPSA) is 71.4 Å². The second-order valence-electron chi connectivity index (χ2n) is 2.93. The van der Waals surface area contributed by atoms with Crippen molar-refractivity contribution in [3.63, 3.8) is 0 Å². The highest BCUT2D eigenvalue weighted by molar-refractivity contribution is 9.10. The summed E-state index contributed by atoms with van der Waals surface area (Å²) in [4.78, 5) is 11.0. The van der Waals surface area contributed by atoms with Crippen LogP contribution in [-0.2, 0) is 20.4 Å². The van der Waals surface area contributed by atoms with E-state index in [1.165, 1.54) is 11.3 Å². The minimum Gasteiger partial charge on any atom is -0.481 e. The molecule has 0 saturated heterocycles. The number of hydrogen-bond donors (Lipinski definition) is 1. The van der Waals surface area contributed by atoms with Gasteiger partial charge in [-0.05, 0) is 27.4 Å². The van der Waals surface area contributed by atoms with Gasteiger partial charge in [0.25, 0.3) is 0 Å². The van der Waals surface area contributed by atoms with E-state index in [9.17, 15) is 13.2 Å². The van der Waals surface area contributed by atoms with Crippen molar-refractivity contribution in [1.82, 2.24) is 0 Å². The Kier molecular flexibility index (Phi) is 4.30. The zero-order valence-corrected chi connectivity index (χ0v) is 10.9. The lowest BCUT2D eigenvalue weighted by Crippen LogP contribution is -2.12. The first kappa shape index (κ1) is 12.7. The quantitative estimate of drug-likeness (QED) is 0.901. The summed E-state index contributed by atoms with van der Waals surface area (Å²) in [5.74, 6) is -1.51. The van der Waals surface area contributed by atoms with Gasteiger partial charge in [0.1, 0.15) is 0 Å². The molecule has 0 spiro atoms. The van der Waals surface area contributed by atoms with Crippen LogP contribution in [0.25, 0.3) is 0 Å². The van der Waals surface area contributed by atoms with Crippen molar-refractivity contribution in [3.05, 3.63) is 20.8 Å². The maximum Gasteiger partial charge on any atom is 0.304 e. The van der Waals surface area contributed by atoms with Gasteiger partial charge in [-0.3, -0.25) is 4.79 Å². The highest BCUT2D eigenvalue weighted by atomic mass is 79.9. The van der Waals surface area contributed by atoms with Crippen molar-refractivity contribution in [2.45, 2.75) is 12.2 Å². The third-order valence-corrected chi connectivity index (χ3v) is 5.33. The number of carboxylic acid groups (broad SMARTS) is 1. The highest BCUT2D eigenvalue weighted by Crippen LogP contribution is 2.24. The molecule has 1 rings (SSSR count). The molecule has 84 valence electrons.